The maximum Gasteiger partial charge on any atom is 1.00 e. The van der Waals surface area contributed by atoms with Gasteiger partial charge in [0, 0.05) is 116 Å². The van der Waals surface area contributed by atoms with Crippen molar-refractivity contribution in [3.63, 3.8) is 0 Å². The van der Waals surface area contributed by atoms with Crippen LogP contribution in [0.4, 0.5) is 0 Å². The molecule has 3 radical (unpaired) electrons. The molecule has 0 amide bonds. The van der Waals surface area contributed by atoms with E-state index in [-0.39, 0.29) is 109 Å². The first-order valence-electron chi connectivity index (χ1n) is 49.9. The molecule has 0 bridgehead atoms. The molecule has 19 heteroatoms. The van der Waals surface area contributed by atoms with Gasteiger partial charge in [0.05, 0.1) is 52.9 Å². The number of Topliss-reactive ketones (excluding diaryl/α,β-unsaturated/α-hetero) is 3. The maximum absolute atomic E-state index is 12.2. The maximum atomic E-state index is 12.2. The summed E-state index contributed by atoms with van der Waals surface area (Å²) in [6.07, 6.45) is 17.6. The molecular weight excluding hydrogens is 1970 g/mol. The summed E-state index contributed by atoms with van der Waals surface area (Å²) in [6, 6.07) is 145. The van der Waals surface area contributed by atoms with Crippen molar-refractivity contribution in [1.82, 2.24) is 11.1 Å². The molecule has 5 atom stereocenters. The Kier molecular flexibility index (Phi) is 55.6. The van der Waals surface area contributed by atoms with E-state index in [4.69, 9.17) is 49.8 Å². The Labute approximate surface area is 909 Å². The zero-order valence-corrected chi connectivity index (χ0v) is 89.4. The molecule has 0 aromatic heterocycles. The number of rotatable bonds is 32. The van der Waals surface area contributed by atoms with Crippen LogP contribution in [-0.2, 0) is 57.7 Å². The van der Waals surface area contributed by atoms with Gasteiger partial charge in [0.15, 0.2) is 34.7 Å². The normalized spacial score (nSPS) is 16.5. The second-order valence-corrected chi connectivity index (χ2v) is 36.1. The minimum atomic E-state index is -0.682. The van der Waals surface area contributed by atoms with Crippen LogP contribution in [-0.4, -0.2) is 99.4 Å². The van der Waals surface area contributed by atoms with Gasteiger partial charge < -0.3 is 57.4 Å². The van der Waals surface area contributed by atoms with E-state index in [9.17, 15) is 14.4 Å². The van der Waals surface area contributed by atoms with Crippen LogP contribution in [0.2, 0.25) is 0 Å². The standard InChI is InChI=1S/C24H25N.C19H23NO2.C19H21NO2.C19H20O3.C18H20.C17H16O2.C7H7Br.C2H6O2.B.HI.H3N.Na.H/c1-4-11-20(12-5-1)19-25-23(21-13-6-2-7-14-21)17-10-18-24(25)22-15-8-3-9-16-22;3*20-18(16-8-3-1-4-9-16)12-7-13-19(21-14-15-22-19)17-10-5-2-6-11-17;1-3-8-15(9-4-1)17-12-7-13-18(14-17)16-10-5-2-6-11-16;18-16(14-8-3-1-4-9-14)12-7-13-17(19)15-10-5-2-6-11-15;8-6-7-4-2-1-3-5-7;3-1-2-4;;;;;/h1-9,11-16,23-24H,10,17-19H2;1-6,8-11,18H,7,12-15,20H2;1-6,8-11,20H,7,12-15H2;1-6,8-11H,7,12-15H2;1-6,8-11,17-18H,7,12-14H2;1-6,8-11H,7,12-13H2;1-5H,6H2;3-4H,1-2H2;;1H;1H3;;/q;;;;;;;;;;;+1;-1/p+2. The fourth-order valence-electron chi connectivity index (χ4n) is 18.7. The number of alkyl halides is 1. The quantitative estimate of drug-likeness (QED) is 0.00867. The summed E-state index contributed by atoms with van der Waals surface area (Å²) in [5.74, 6) is -0.0197. The van der Waals surface area contributed by atoms with Crippen molar-refractivity contribution in [2.24, 2.45) is 5.73 Å². The van der Waals surface area contributed by atoms with Crippen LogP contribution in [0.25, 0.3) is 0 Å². The van der Waals surface area contributed by atoms with Gasteiger partial charge in [-0.25, -0.2) is 0 Å². The molecule has 747 valence electrons. The summed E-state index contributed by atoms with van der Waals surface area (Å²) < 4.78 is 35.5. The Morgan fingerprint density at radius 2 is 0.625 bits per heavy atom. The molecule has 1 aliphatic carbocycles. The summed E-state index contributed by atoms with van der Waals surface area (Å²) >= 11 is 3.36. The Hall–Kier alpha value is -10.4. The molecule has 14 aromatic rings. The number of likely N-dealkylation sites (tertiary alicyclic amines) is 1. The minimum absolute atomic E-state index is 0. The van der Waals surface area contributed by atoms with Gasteiger partial charge in [0.2, 0.25) is 0 Å². The third-order valence-corrected chi connectivity index (χ3v) is 26.5. The van der Waals surface area contributed by atoms with Gasteiger partial charge in [-0.15, -0.1) is 24.0 Å². The van der Waals surface area contributed by atoms with Crippen molar-refractivity contribution in [1.29, 1.82) is 5.41 Å². The predicted molar refractivity (Wildman–Crippen MR) is 598 cm³/mol. The van der Waals surface area contributed by atoms with Crippen LogP contribution in [0.5, 0.6) is 0 Å². The first-order valence-corrected chi connectivity index (χ1v) is 51.0. The molecule has 1 saturated carbocycles. The summed E-state index contributed by atoms with van der Waals surface area (Å²) in [7, 11) is 0. The number of aliphatic hydroxyl groups is 2. The van der Waals surface area contributed by atoms with Crippen LogP contribution in [0.1, 0.15) is 249 Å². The molecule has 4 heterocycles. The number of nitrogens with zero attached hydrogens (tertiary/aromatic N) is 1. The van der Waals surface area contributed by atoms with E-state index in [0.29, 0.717) is 89.5 Å². The molecule has 5 aliphatic rings. The van der Waals surface area contributed by atoms with Crippen LogP contribution >= 0.6 is 39.9 Å². The number of benzene rings is 14. The first-order chi connectivity index (χ1) is 68.9. The third kappa shape index (κ3) is 38.8. The van der Waals surface area contributed by atoms with Gasteiger partial charge in [-0.2, -0.15) is 0 Å². The topological polar surface area (TPSA) is 235 Å². The van der Waals surface area contributed by atoms with Crippen molar-refractivity contribution >= 4 is 71.4 Å². The van der Waals surface area contributed by atoms with E-state index in [1.807, 2.05) is 212 Å². The van der Waals surface area contributed by atoms with Crippen molar-refractivity contribution in [3.8, 4) is 0 Å². The Morgan fingerprint density at radius 1 is 0.361 bits per heavy atom. The summed E-state index contributed by atoms with van der Waals surface area (Å²) in [5.41, 5.74) is 23.2. The first kappa shape index (κ1) is 119. The Balaban J connectivity index is 0.000000301. The number of nitrogens with one attached hydrogen (secondary N) is 1. The largest absolute Gasteiger partial charge is 1.00 e. The number of hydrogen-bond acceptors (Lipinski definition) is 15. The average Bonchev–Trinajstić information content (AvgIpc) is 1.19. The number of carbonyl (C=O) groups is 3. The van der Waals surface area contributed by atoms with Crippen molar-refractivity contribution in [3.05, 3.63) is 503 Å². The zero-order chi connectivity index (χ0) is 97.6. The fourth-order valence-corrected chi connectivity index (χ4v) is 19.0. The number of piperidine rings is 1. The molecule has 5 unspecified atom stereocenters. The van der Waals surface area contributed by atoms with Crippen molar-refractivity contribution < 1.29 is 86.9 Å². The number of ether oxygens (including phenoxy) is 6. The van der Waals surface area contributed by atoms with Crippen LogP contribution < -0.4 is 41.4 Å². The van der Waals surface area contributed by atoms with Crippen molar-refractivity contribution in [2.45, 2.75) is 181 Å². The van der Waals surface area contributed by atoms with E-state index in [0.717, 1.165) is 108 Å². The number of ketones is 3. The zero-order valence-electron chi connectivity index (χ0n) is 86.5. The molecule has 4 saturated heterocycles. The number of halogens is 2. The average molecular weight is 2120 g/mol. The van der Waals surface area contributed by atoms with E-state index in [1.165, 1.54) is 83.9 Å². The molecule has 4 aliphatic heterocycles. The van der Waals surface area contributed by atoms with Gasteiger partial charge in [0.1, 0.15) is 0 Å². The molecular formula is C125H145BBrIN4NaO11+2. The van der Waals surface area contributed by atoms with E-state index < -0.39 is 17.4 Å². The van der Waals surface area contributed by atoms with Gasteiger partial charge >= 0.3 is 32.4 Å². The summed E-state index contributed by atoms with van der Waals surface area (Å²) in [4.78, 5) is 38.6. The molecule has 0 spiro atoms. The number of hydrogen-bond donors (Lipinski definition) is 5. The number of nitrogens with two attached hydrogens (primary N) is 1. The Bertz CT molecular complexity index is 5500. The molecule has 15 nitrogen and oxygen atoms in total. The van der Waals surface area contributed by atoms with Crippen LogP contribution in [0.3, 0.4) is 0 Å². The molecule has 144 heavy (non-hydrogen) atoms. The van der Waals surface area contributed by atoms with E-state index in [2.05, 4.69) is 209 Å². The molecule has 19 rings (SSSR count). The van der Waals surface area contributed by atoms with Gasteiger partial charge in [-0.05, 0) is 133 Å². The van der Waals surface area contributed by atoms with Gasteiger partial charge in [-0.3, -0.25) is 19.3 Å². The van der Waals surface area contributed by atoms with E-state index in [1.54, 1.807) is 24.3 Å². The van der Waals surface area contributed by atoms with Gasteiger partial charge in [0.25, 0.3) is 0 Å². The number of aliphatic hydroxyl groups excluding tert-OH is 2. The summed E-state index contributed by atoms with van der Waals surface area (Å²) in [6.45, 7) is 4.51. The fraction of sp³-hybridized carbons (Fsp3) is 0.296. The molecule has 5 fully saturated rings. The minimum Gasteiger partial charge on any atom is -1.00 e. The second kappa shape index (κ2) is 67.4. The smallest absolute Gasteiger partial charge is 1.00 e. The summed E-state index contributed by atoms with van der Waals surface area (Å²) in [5, 5.41) is 24.4. The third-order valence-electron chi connectivity index (χ3n) is 25.9. The van der Waals surface area contributed by atoms with Crippen LogP contribution in [0, 0.1) is 5.41 Å². The SMILES string of the molecule is BrCc1ccccc1.I.N.N=C(CCCC1(c2ccccc2)OCCO1)c1ccccc1.NC(CCCC1(c2ccccc2)OCCO1)c1ccccc1.O=C(CCCC(=O)c1ccccc1)c1ccccc1.O=C(CCCC1(c2ccccc2)OCCO1)c1ccccc1.OCCO.[B].[H+].[H+].[H-].[Na+].c1ccc(C2CCCC(c3ccccc3)C2)cc1.c1ccc(CN2C(c3ccccc3)CCCC2c2ccccc2)cc1. The predicted octanol–water partition coefficient (Wildman–Crippen LogP) is 26.3. The molecule has 14 aromatic carbocycles. The van der Waals surface area contributed by atoms with E-state index >= 15 is 0 Å². The monoisotopic (exact) mass is 2120 g/mol. The number of carbonyl (C=O) groups excluding carboxylic acids is 3. The van der Waals surface area contributed by atoms with Gasteiger partial charge in [-0.1, -0.05) is 447 Å². The van der Waals surface area contributed by atoms with Crippen molar-refractivity contribution in [2.75, 3.05) is 52.9 Å². The Morgan fingerprint density at radius 3 is 0.944 bits per heavy atom. The van der Waals surface area contributed by atoms with Crippen LogP contribution in [0.15, 0.2) is 425 Å². The molecule has 8 N–H and O–H groups in total. The second-order valence-electron chi connectivity index (χ2n) is 35.5.